The number of halogens is 2. The van der Waals surface area contributed by atoms with E-state index in [1.165, 1.54) is 37.7 Å². The minimum Gasteiger partial charge on any atom is -0.460 e. The van der Waals surface area contributed by atoms with Gasteiger partial charge in [0.05, 0.1) is 5.41 Å². The third-order valence-corrected chi connectivity index (χ3v) is 6.79. The van der Waals surface area contributed by atoms with Crippen LogP contribution in [0.25, 0.3) is 6.08 Å². The Balaban J connectivity index is 0.00000289. The molecule has 2 aliphatic rings. The van der Waals surface area contributed by atoms with Gasteiger partial charge in [-0.3, -0.25) is 4.79 Å². The van der Waals surface area contributed by atoms with Crippen LogP contribution in [0.5, 0.6) is 0 Å². The molecule has 2 saturated carbocycles. The smallest absolute Gasteiger partial charge is 0.313 e. The molecule has 1 aromatic rings. The molecule has 0 spiro atoms. The maximum absolute atomic E-state index is 12.5. The van der Waals surface area contributed by atoms with Crippen molar-refractivity contribution in [1.29, 1.82) is 0 Å². The SMILES string of the molecule is CCC(=Cc1ccccc1)[C@@H]1C[C@H]1N[C@H]1CC[C@@H](NCC(C)(C)C(=O)OC(C)(C)C)CC1.Cl.Cl. The Hall–Kier alpha value is -1.07. The summed E-state index contributed by atoms with van der Waals surface area (Å²) in [5.41, 5.74) is 1.95. The third-order valence-electron chi connectivity index (χ3n) is 6.79. The van der Waals surface area contributed by atoms with Crippen LogP contribution < -0.4 is 10.6 Å². The fraction of sp³-hybridized carbons (Fsp3) is 0.679. The summed E-state index contributed by atoms with van der Waals surface area (Å²) < 4.78 is 5.59. The second kappa shape index (κ2) is 13.3. The lowest BCUT2D eigenvalue weighted by Crippen LogP contribution is -2.46. The highest BCUT2D eigenvalue weighted by molar-refractivity contribution is 5.85. The van der Waals surface area contributed by atoms with Crippen LogP contribution in [0.1, 0.15) is 85.6 Å². The summed E-state index contributed by atoms with van der Waals surface area (Å²) in [6.07, 6.45) is 9.53. The summed E-state index contributed by atoms with van der Waals surface area (Å²) in [4.78, 5) is 12.5. The number of esters is 1. The molecule has 0 heterocycles. The van der Waals surface area contributed by atoms with Crippen molar-refractivity contribution in [1.82, 2.24) is 10.6 Å². The Morgan fingerprint density at radius 1 is 1.00 bits per heavy atom. The predicted molar refractivity (Wildman–Crippen MR) is 148 cm³/mol. The van der Waals surface area contributed by atoms with E-state index in [-0.39, 0.29) is 30.8 Å². The lowest BCUT2D eigenvalue weighted by Gasteiger charge is -2.33. The molecule has 34 heavy (non-hydrogen) atoms. The second-order valence-corrected chi connectivity index (χ2v) is 11.4. The topological polar surface area (TPSA) is 50.4 Å². The Labute approximate surface area is 219 Å². The first-order valence-electron chi connectivity index (χ1n) is 12.6. The van der Waals surface area contributed by atoms with E-state index in [9.17, 15) is 4.79 Å². The first-order chi connectivity index (χ1) is 15.1. The molecule has 1 aromatic carbocycles. The summed E-state index contributed by atoms with van der Waals surface area (Å²) >= 11 is 0. The van der Waals surface area contributed by atoms with Crippen LogP contribution in [0.3, 0.4) is 0 Å². The van der Waals surface area contributed by atoms with Gasteiger partial charge in [-0.05, 0) is 84.6 Å². The highest BCUT2D eigenvalue weighted by Gasteiger charge is 2.40. The number of carbonyl (C=O) groups is 1. The summed E-state index contributed by atoms with van der Waals surface area (Å²) in [5.74, 6) is 0.577. The highest BCUT2D eigenvalue weighted by atomic mass is 35.5. The van der Waals surface area contributed by atoms with Crippen molar-refractivity contribution < 1.29 is 9.53 Å². The van der Waals surface area contributed by atoms with Crippen molar-refractivity contribution in [2.24, 2.45) is 11.3 Å². The molecule has 3 rings (SSSR count). The molecular formula is C28H46Cl2N2O2. The Morgan fingerprint density at radius 2 is 1.59 bits per heavy atom. The van der Waals surface area contributed by atoms with Gasteiger partial charge in [0.2, 0.25) is 0 Å². The molecule has 0 saturated heterocycles. The quantitative estimate of drug-likeness (QED) is 0.367. The molecule has 0 aromatic heterocycles. The minimum absolute atomic E-state index is 0. The summed E-state index contributed by atoms with van der Waals surface area (Å²) in [6.45, 7) is 12.7. The van der Waals surface area contributed by atoms with Crippen LogP contribution in [0, 0.1) is 11.3 Å². The van der Waals surface area contributed by atoms with E-state index < -0.39 is 11.0 Å². The minimum atomic E-state index is -0.509. The first-order valence-corrected chi connectivity index (χ1v) is 12.6. The Morgan fingerprint density at radius 3 is 2.15 bits per heavy atom. The zero-order valence-corrected chi connectivity index (χ0v) is 23.5. The fourth-order valence-corrected chi connectivity index (χ4v) is 4.68. The average molecular weight is 514 g/mol. The third kappa shape index (κ3) is 9.53. The zero-order valence-electron chi connectivity index (χ0n) is 21.9. The van der Waals surface area contributed by atoms with Crippen LogP contribution in [-0.2, 0) is 9.53 Å². The highest BCUT2D eigenvalue weighted by Crippen LogP contribution is 2.40. The molecular weight excluding hydrogens is 467 g/mol. The normalized spacial score (nSPS) is 25.1. The zero-order chi connectivity index (χ0) is 23.4. The van der Waals surface area contributed by atoms with Crippen molar-refractivity contribution >= 4 is 36.9 Å². The lowest BCUT2D eigenvalue weighted by atomic mass is 9.88. The number of ether oxygens (including phenoxy) is 1. The maximum atomic E-state index is 12.5. The van der Waals surface area contributed by atoms with E-state index in [2.05, 4.69) is 54.0 Å². The number of benzene rings is 1. The van der Waals surface area contributed by atoms with Gasteiger partial charge in [-0.25, -0.2) is 0 Å². The Bertz CT molecular complexity index is 781. The molecule has 2 fully saturated rings. The molecule has 6 heteroatoms. The van der Waals surface area contributed by atoms with Crippen LogP contribution in [0.4, 0.5) is 0 Å². The van der Waals surface area contributed by atoms with Crippen molar-refractivity contribution in [3.63, 3.8) is 0 Å². The van der Waals surface area contributed by atoms with Gasteiger partial charge < -0.3 is 15.4 Å². The fourth-order valence-electron chi connectivity index (χ4n) is 4.68. The molecule has 2 aliphatic carbocycles. The molecule has 0 bridgehead atoms. The van der Waals surface area contributed by atoms with Crippen LogP contribution in [-0.4, -0.2) is 36.2 Å². The predicted octanol–water partition coefficient (Wildman–Crippen LogP) is 6.57. The van der Waals surface area contributed by atoms with Gasteiger partial charge in [0.25, 0.3) is 0 Å². The van der Waals surface area contributed by atoms with Gasteiger partial charge in [0.1, 0.15) is 5.60 Å². The van der Waals surface area contributed by atoms with Crippen LogP contribution in [0.15, 0.2) is 35.9 Å². The van der Waals surface area contributed by atoms with Crippen molar-refractivity contribution in [2.75, 3.05) is 6.54 Å². The molecule has 4 nitrogen and oxygen atoms in total. The van der Waals surface area contributed by atoms with Gasteiger partial charge in [0.15, 0.2) is 0 Å². The largest absolute Gasteiger partial charge is 0.460 e. The molecule has 2 atom stereocenters. The van der Waals surface area contributed by atoms with Gasteiger partial charge in [-0.1, -0.05) is 48.9 Å². The van der Waals surface area contributed by atoms with Crippen molar-refractivity contribution in [2.45, 2.75) is 104 Å². The van der Waals surface area contributed by atoms with E-state index in [1.54, 1.807) is 5.57 Å². The monoisotopic (exact) mass is 512 g/mol. The van der Waals surface area contributed by atoms with Crippen LogP contribution >= 0.6 is 24.8 Å². The average Bonchev–Trinajstić information content (AvgIpc) is 3.50. The van der Waals surface area contributed by atoms with E-state index in [0.29, 0.717) is 30.6 Å². The molecule has 2 N–H and O–H groups in total. The lowest BCUT2D eigenvalue weighted by molar-refractivity contribution is -0.165. The van der Waals surface area contributed by atoms with Gasteiger partial charge in [-0.2, -0.15) is 0 Å². The number of nitrogens with one attached hydrogen (secondary N) is 2. The molecule has 194 valence electrons. The van der Waals surface area contributed by atoms with Gasteiger partial charge in [0, 0.05) is 24.7 Å². The molecule has 0 aliphatic heterocycles. The van der Waals surface area contributed by atoms with Crippen LogP contribution in [0.2, 0.25) is 0 Å². The van der Waals surface area contributed by atoms with E-state index in [1.807, 2.05) is 34.6 Å². The molecule has 0 amide bonds. The van der Waals surface area contributed by atoms with E-state index >= 15 is 0 Å². The van der Waals surface area contributed by atoms with E-state index in [0.717, 1.165) is 6.42 Å². The maximum Gasteiger partial charge on any atom is 0.313 e. The Kier molecular flexibility index (Phi) is 12.1. The number of rotatable bonds is 9. The van der Waals surface area contributed by atoms with Crippen molar-refractivity contribution in [3.05, 3.63) is 41.5 Å². The summed E-state index contributed by atoms with van der Waals surface area (Å²) in [7, 11) is 0. The number of hydrogen-bond donors (Lipinski definition) is 2. The van der Waals surface area contributed by atoms with E-state index in [4.69, 9.17) is 4.74 Å². The number of hydrogen-bond acceptors (Lipinski definition) is 4. The first kappa shape index (κ1) is 31.0. The number of carbonyl (C=O) groups excluding carboxylic acids is 1. The molecule has 0 radical (unpaired) electrons. The molecule has 0 unspecified atom stereocenters. The second-order valence-electron chi connectivity index (χ2n) is 11.4. The summed E-state index contributed by atoms with van der Waals surface area (Å²) in [6, 6.07) is 12.5. The van der Waals surface area contributed by atoms with Crippen molar-refractivity contribution in [3.8, 4) is 0 Å². The van der Waals surface area contributed by atoms with Gasteiger partial charge in [-0.15, -0.1) is 24.8 Å². The van der Waals surface area contributed by atoms with Gasteiger partial charge >= 0.3 is 5.97 Å². The standard InChI is InChI=1S/C28H44N2O2.2ClH/c1-7-21(17-20-11-9-8-10-12-20)24-18-25(24)30-23-15-13-22(14-16-23)29-19-28(5,6)26(31)32-27(2,3)4;;/h8-12,17,22-25,29-30H,7,13-16,18-19H2,1-6H3;2*1H/t22-,23+,24-,25+;;/m0../s1. The summed E-state index contributed by atoms with van der Waals surface area (Å²) in [5, 5.41) is 7.58.